The van der Waals surface area contributed by atoms with Crippen LogP contribution in [0.15, 0.2) is 42.7 Å². The van der Waals surface area contributed by atoms with E-state index in [1.807, 2.05) is 6.20 Å². The quantitative estimate of drug-likeness (QED) is 0.678. The number of piperidine rings is 2. The van der Waals surface area contributed by atoms with Gasteiger partial charge in [0.1, 0.15) is 11.5 Å². The minimum Gasteiger partial charge on any atom is -0.367 e. The first-order valence-electron chi connectivity index (χ1n) is 12.0. The van der Waals surface area contributed by atoms with Gasteiger partial charge in [-0.1, -0.05) is 12.1 Å². The lowest BCUT2D eigenvalue weighted by atomic mass is 9.77. The molecule has 6 heteroatoms. The zero-order chi connectivity index (χ0) is 20.6. The lowest BCUT2D eigenvalue weighted by Crippen LogP contribution is -2.41. The first-order chi connectivity index (χ1) is 15.3. The van der Waals surface area contributed by atoms with Gasteiger partial charge in [0.25, 0.3) is 0 Å². The number of pyridine rings is 2. The Balaban J connectivity index is 1.27. The number of aromatic nitrogens is 3. The zero-order valence-electron chi connectivity index (χ0n) is 18.1. The third-order valence-electron chi connectivity index (χ3n) is 7.41. The molecule has 0 saturated carbocycles. The molecular formula is C25H32N6. The van der Waals surface area contributed by atoms with Gasteiger partial charge in [-0.25, -0.2) is 4.98 Å². The molecule has 31 heavy (non-hydrogen) atoms. The second-order valence-electron chi connectivity index (χ2n) is 9.46. The summed E-state index contributed by atoms with van der Waals surface area (Å²) in [5.74, 6) is 1.87. The van der Waals surface area contributed by atoms with E-state index in [2.05, 4.69) is 56.5 Å². The number of nitrogens with zero attached hydrogens (tertiary/aromatic N) is 4. The van der Waals surface area contributed by atoms with E-state index in [0.717, 1.165) is 49.3 Å². The Morgan fingerprint density at radius 1 is 1.10 bits per heavy atom. The van der Waals surface area contributed by atoms with Gasteiger partial charge in [0, 0.05) is 31.5 Å². The van der Waals surface area contributed by atoms with E-state index in [0.29, 0.717) is 12.1 Å². The molecule has 2 N–H and O–H groups in total. The van der Waals surface area contributed by atoms with Gasteiger partial charge < -0.3 is 10.6 Å². The first-order valence-corrected chi connectivity index (χ1v) is 12.0. The number of hydrogen-bond donors (Lipinski definition) is 2. The van der Waals surface area contributed by atoms with Gasteiger partial charge in [0.2, 0.25) is 0 Å². The summed E-state index contributed by atoms with van der Waals surface area (Å²) < 4.78 is 2.23. The van der Waals surface area contributed by atoms with Crippen LogP contribution < -0.4 is 10.6 Å². The van der Waals surface area contributed by atoms with Gasteiger partial charge in [0.05, 0.1) is 17.4 Å². The molecule has 5 heterocycles. The predicted octanol–water partition coefficient (Wildman–Crippen LogP) is 3.79. The molecule has 0 amide bonds. The Kier molecular flexibility index (Phi) is 5.12. The molecule has 6 rings (SSSR count). The molecule has 0 bridgehead atoms. The van der Waals surface area contributed by atoms with Crippen molar-refractivity contribution in [3.63, 3.8) is 0 Å². The lowest BCUT2D eigenvalue weighted by Gasteiger charge is -2.44. The lowest BCUT2D eigenvalue weighted by molar-refractivity contribution is 0.0687. The molecule has 2 saturated heterocycles. The molecule has 1 unspecified atom stereocenters. The molecular weight excluding hydrogens is 384 g/mol. The summed E-state index contributed by atoms with van der Waals surface area (Å²) in [5, 5.41) is 7.23. The minimum absolute atomic E-state index is 0.439. The highest BCUT2D eigenvalue weighted by atomic mass is 15.2. The van der Waals surface area contributed by atoms with Crippen LogP contribution in [-0.4, -0.2) is 44.9 Å². The van der Waals surface area contributed by atoms with Crippen molar-refractivity contribution < 1.29 is 0 Å². The van der Waals surface area contributed by atoms with Crippen molar-refractivity contribution in [1.29, 1.82) is 0 Å². The van der Waals surface area contributed by atoms with Crippen molar-refractivity contribution in [3.05, 3.63) is 59.7 Å². The maximum atomic E-state index is 5.00. The molecule has 3 atom stereocenters. The Bertz CT molecular complexity index is 1050. The third kappa shape index (κ3) is 3.72. The number of rotatable bonds is 4. The van der Waals surface area contributed by atoms with Gasteiger partial charge in [-0.15, -0.1) is 0 Å². The number of aryl methyl sites for hydroxylation is 1. The van der Waals surface area contributed by atoms with Gasteiger partial charge in [-0.05, 0) is 81.3 Å². The van der Waals surface area contributed by atoms with Crippen molar-refractivity contribution in [3.8, 4) is 0 Å². The molecule has 3 aliphatic rings. The van der Waals surface area contributed by atoms with Gasteiger partial charge in [0.15, 0.2) is 0 Å². The van der Waals surface area contributed by atoms with Crippen LogP contribution in [0, 0.1) is 5.92 Å². The Hall–Kier alpha value is -2.44. The maximum Gasteiger partial charge on any atom is 0.138 e. The van der Waals surface area contributed by atoms with Crippen molar-refractivity contribution in [2.45, 2.75) is 57.2 Å². The summed E-state index contributed by atoms with van der Waals surface area (Å²) in [6, 6.07) is 11.7. The Morgan fingerprint density at radius 3 is 3.03 bits per heavy atom. The number of likely N-dealkylation sites (tertiary alicyclic amines) is 1. The van der Waals surface area contributed by atoms with Crippen molar-refractivity contribution in [2.75, 3.05) is 25.0 Å². The van der Waals surface area contributed by atoms with Crippen LogP contribution in [0.1, 0.15) is 55.1 Å². The molecule has 3 aromatic heterocycles. The molecule has 2 fully saturated rings. The second-order valence-corrected chi connectivity index (χ2v) is 9.46. The monoisotopic (exact) mass is 416 g/mol. The smallest absolute Gasteiger partial charge is 0.138 e. The topological polar surface area (TPSA) is 57.5 Å². The van der Waals surface area contributed by atoms with E-state index in [1.165, 1.54) is 49.8 Å². The molecule has 3 aromatic rings. The highest BCUT2D eigenvalue weighted by molar-refractivity contribution is 5.51. The van der Waals surface area contributed by atoms with Crippen LogP contribution in [0.4, 0.5) is 5.82 Å². The van der Waals surface area contributed by atoms with Crippen molar-refractivity contribution in [2.24, 2.45) is 5.92 Å². The highest BCUT2D eigenvalue weighted by Crippen LogP contribution is 2.43. The molecule has 162 valence electrons. The number of fused-ring (bicyclic) bond motifs is 4. The van der Waals surface area contributed by atoms with Crippen LogP contribution in [0.3, 0.4) is 0 Å². The summed E-state index contributed by atoms with van der Waals surface area (Å²) in [6.45, 7) is 4.18. The van der Waals surface area contributed by atoms with Gasteiger partial charge in [-0.2, -0.15) is 0 Å². The van der Waals surface area contributed by atoms with Crippen molar-refractivity contribution in [1.82, 2.24) is 24.6 Å². The summed E-state index contributed by atoms with van der Waals surface area (Å²) >= 11 is 0. The number of anilines is 1. The first kappa shape index (κ1) is 19.3. The van der Waals surface area contributed by atoms with E-state index in [4.69, 9.17) is 9.97 Å². The largest absolute Gasteiger partial charge is 0.367 e. The van der Waals surface area contributed by atoms with Crippen LogP contribution >= 0.6 is 0 Å². The summed E-state index contributed by atoms with van der Waals surface area (Å²) in [6.07, 6.45) is 11.7. The number of hydrogen-bond acceptors (Lipinski definition) is 5. The average Bonchev–Trinajstić information content (AvgIpc) is 3.23. The zero-order valence-corrected chi connectivity index (χ0v) is 18.1. The standard InChI is InChI=1S/C25H32N6/c1-8-22(28-20-7-3-12-26-15-20)31-17-21(29-23(31)9-1)16-30-14-4-6-19-11-10-18-5-2-13-27-24(18)25(19)30/h1-2,5,8-9,13,17,19-20,25-26,28H,3-4,6-7,10-12,14-16H2/t19-,20?,25-/m0/s1. The second kappa shape index (κ2) is 8.24. The number of nitrogens with one attached hydrogen (secondary N) is 2. The minimum atomic E-state index is 0.439. The fraction of sp³-hybridized carbons (Fsp3) is 0.520. The molecule has 6 nitrogen and oxygen atoms in total. The highest BCUT2D eigenvalue weighted by Gasteiger charge is 2.37. The van der Waals surface area contributed by atoms with E-state index in [1.54, 1.807) is 0 Å². The summed E-state index contributed by atoms with van der Waals surface area (Å²) in [7, 11) is 0. The normalized spacial score (nSPS) is 26.4. The SMILES string of the molecule is c1cnc2c(c1)CC[C@@H]1CCCN(Cc3cn4c(NC5CCCNC5)cccc4n3)[C@H]21. The maximum absolute atomic E-state index is 5.00. The number of imidazole rings is 1. The Morgan fingerprint density at radius 2 is 2.10 bits per heavy atom. The van der Waals surface area contributed by atoms with Crippen LogP contribution in [0.25, 0.3) is 5.65 Å². The van der Waals surface area contributed by atoms with Crippen molar-refractivity contribution >= 4 is 11.5 Å². The van der Waals surface area contributed by atoms with Crippen LogP contribution in [0.5, 0.6) is 0 Å². The molecule has 0 spiro atoms. The van der Waals surface area contributed by atoms with E-state index in [9.17, 15) is 0 Å². The van der Waals surface area contributed by atoms with Crippen LogP contribution in [0.2, 0.25) is 0 Å². The molecule has 0 aromatic carbocycles. The Labute approximate surface area is 184 Å². The molecule has 2 aliphatic heterocycles. The van der Waals surface area contributed by atoms with Crippen LogP contribution in [-0.2, 0) is 13.0 Å². The van der Waals surface area contributed by atoms with E-state index < -0.39 is 0 Å². The van der Waals surface area contributed by atoms with Gasteiger partial charge in [-0.3, -0.25) is 14.3 Å². The molecule has 0 radical (unpaired) electrons. The van der Waals surface area contributed by atoms with Gasteiger partial charge >= 0.3 is 0 Å². The summed E-state index contributed by atoms with van der Waals surface area (Å²) in [4.78, 5) is 12.5. The van der Waals surface area contributed by atoms with E-state index >= 15 is 0 Å². The summed E-state index contributed by atoms with van der Waals surface area (Å²) in [5.41, 5.74) is 4.94. The fourth-order valence-corrected chi connectivity index (χ4v) is 5.94. The predicted molar refractivity (Wildman–Crippen MR) is 123 cm³/mol. The average molecular weight is 417 g/mol. The van der Waals surface area contributed by atoms with E-state index in [-0.39, 0.29) is 0 Å². The molecule has 1 aliphatic carbocycles. The third-order valence-corrected chi connectivity index (χ3v) is 7.41. The fourth-order valence-electron chi connectivity index (χ4n) is 5.94.